The Labute approximate surface area is 166 Å². The van der Waals surface area contributed by atoms with Gasteiger partial charge in [0.1, 0.15) is 11.3 Å². The smallest absolute Gasteiger partial charge is 0.416 e. The fraction of sp³-hybridized carbons (Fsp3) is 0.429. The van der Waals surface area contributed by atoms with Crippen LogP contribution in [-0.2, 0) is 13.2 Å². The fourth-order valence-corrected chi connectivity index (χ4v) is 4.30. The highest BCUT2D eigenvalue weighted by Crippen LogP contribution is 2.39. The predicted molar refractivity (Wildman–Crippen MR) is 105 cm³/mol. The van der Waals surface area contributed by atoms with Crippen molar-refractivity contribution >= 4 is 11.0 Å². The van der Waals surface area contributed by atoms with Crippen molar-refractivity contribution in [2.45, 2.75) is 31.9 Å². The van der Waals surface area contributed by atoms with E-state index >= 15 is 0 Å². The number of hydrogen-bond acceptors (Lipinski definition) is 4. The van der Waals surface area contributed by atoms with E-state index in [1.54, 1.807) is 6.07 Å². The Kier molecular flexibility index (Phi) is 4.77. The maximum Gasteiger partial charge on any atom is 0.416 e. The molecule has 8 heteroatoms. The number of rotatable bonds is 2. The lowest BCUT2D eigenvalue weighted by molar-refractivity contribution is -0.137. The number of alkyl halides is 3. The molecule has 1 aliphatic rings. The van der Waals surface area contributed by atoms with E-state index in [1.807, 2.05) is 11.6 Å². The molecule has 3 aromatic rings. The van der Waals surface area contributed by atoms with Crippen LogP contribution in [0.3, 0.4) is 0 Å². The van der Waals surface area contributed by atoms with Gasteiger partial charge in [0.2, 0.25) is 0 Å². The summed E-state index contributed by atoms with van der Waals surface area (Å²) in [5.74, 6) is -0.0758. The van der Waals surface area contributed by atoms with Crippen molar-refractivity contribution in [3.8, 4) is 17.0 Å². The number of likely N-dealkylation sites (tertiary alicyclic amines) is 1. The van der Waals surface area contributed by atoms with Crippen LogP contribution in [0.15, 0.2) is 24.4 Å². The molecule has 0 spiro atoms. The Bertz CT molecular complexity index is 1050. The van der Waals surface area contributed by atoms with E-state index in [4.69, 9.17) is 0 Å². The number of piperidine rings is 1. The van der Waals surface area contributed by atoms with Crippen LogP contribution in [0.5, 0.6) is 5.75 Å². The van der Waals surface area contributed by atoms with Gasteiger partial charge in [0.15, 0.2) is 0 Å². The van der Waals surface area contributed by atoms with Gasteiger partial charge in [-0.05, 0) is 57.1 Å². The zero-order chi connectivity index (χ0) is 20.9. The third-order valence-corrected chi connectivity index (χ3v) is 5.72. The van der Waals surface area contributed by atoms with Crippen LogP contribution in [0.1, 0.15) is 35.4 Å². The van der Waals surface area contributed by atoms with Crippen molar-refractivity contribution in [2.24, 2.45) is 7.05 Å². The Hall–Kier alpha value is -2.61. The van der Waals surface area contributed by atoms with Gasteiger partial charge in [-0.25, -0.2) is 0 Å². The van der Waals surface area contributed by atoms with Crippen molar-refractivity contribution in [2.75, 3.05) is 20.1 Å². The Morgan fingerprint density at radius 1 is 1.14 bits per heavy atom. The predicted octanol–water partition coefficient (Wildman–Crippen LogP) is 4.48. The van der Waals surface area contributed by atoms with Gasteiger partial charge >= 0.3 is 6.18 Å². The molecule has 1 saturated heterocycles. The first-order valence-corrected chi connectivity index (χ1v) is 9.57. The lowest BCUT2D eigenvalue weighted by Crippen LogP contribution is -2.30. The third kappa shape index (κ3) is 3.57. The molecule has 0 radical (unpaired) electrons. The summed E-state index contributed by atoms with van der Waals surface area (Å²) >= 11 is 0. The molecule has 154 valence electrons. The number of aryl methyl sites for hydroxylation is 2. The second-order valence-corrected chi connectivity index (χ2v) is 7.95. The summed E-state index contributed by atoms with van der Waals surface area (Å²) in [5, 5.41) is 19.0. The molecule has 29 heavy (non-hydrogen) atoms. The Balaban J connectivity index is 1.78. The van der Waals surface area contributed by atoms with Crippen molar-refractivity contribution in [3.05, 3.63) is 41.1 Å². The second kappa shape index (κ2) is 7.02. The van der Waals surface area contributed by atoms with E-state index in [0.717, 1.165) is 54.7 Å². The van der Waals surface area contributed by atoms with E-state index < -0.39 is 17.5 Å². The molecule has 1 unspecified atom stereocenters. The van der Waals surface area contributed by atoms with Gasteiger partial charge in [-0.15, -0.1) is 10.2 Å². The van der Waals surface area contributed by atoms with Gasteiger partial charge < -0.3 is 14.6 Å². The maximum atomic E-state index is 13.0. The van der Waals surface area contributed by atoms with Gasteiger partial charge in [-0.2, -0.15) is 13.2 Å². The highest BCUT2D eigenvalue weighted by molar-refractivity contribution is 5.84. The quantitative estimate of drug-likeness (QED) is 0.684. The molecule has 1 N–H and O–H groups in total. The lowest BCUT2D eigenvalue weighted by Gasteiger charge is -2.29. The zero-order valence-corrected chi connectivity index (χ0v) is 16.6. The van der Waals surface area contributed by atoms with Crippen LogP contribution >= 0.6 is 0 Å². The SMILES string of the molecule is Cc1cc(C(F)(F)F)cc(O)c1-c1cc2c(nn1)c(C1CCCN(C)C1)cn2C. The lowest BCUT2D eigenvalue weighted by atomic mass is 9.92. The second-order valence-electron chi connectivity index (χ2n) is 7.95. The van der Waals surface area contributed by atoms with Crippen LogP contribution in [0.4, 0.5) is 13.2 Å². The molecule has 1 atom stereocenters. The number of halogens is 3. The average Bonchev–Trinajstić information content (AvgIpc) is 2.97. The largest absolute Gasteiger partial charge is 0.507 e. The normalized spacial score (nSPS) is 18.5. The summed E-state index contributed by atoms with van der Waals surface area (Å²) in [5.41, 5.74) is 2.84. The first kappa shape index (κ1) is 19.7. The highest BCUT2D eigenvalue weighted by Gasteiger charge is 2.32. The van der Waals surface area contributed by atoms with Crippen molar-refractivity contribution in [1.29, 1.82) is 0 Å². The van der Waals surface area contributed by atoms with Crippen LogP contribution in [0.25, 0.3) is 22.3 Å². The van der Waals surface area contributed by atoms with Gasteiger partial charge in [0.25, 0.3) is 0 Å². The summed E-state index contributed by atoms with van der Waals surface area (Å²) in [7, 11) is 4.03. The summed E-state index contributed by atoms with van der Waals surface area (Å²) in [4.78, 5) is 2.30. The molecule has 1 aliphatic heterocycles. The Morgan fingerprint density at radius 3 is 2.55 bits per heavy atom. The van der Waals surface area contributed by atoms with Crippen LogP contribution in [-0.4, -0.2) is 44.9 Å². The Morgan fingerprint density at radius 2 is 1.90 bits per heavy atom. The van der Waals surface area contributed by atoms with Crippen LogP contribution < -0.4 is 0 Å². The molecule has 2 aromatic heterocycles. The van der Waals surface area contributed by atoms with E-state index in [2.05, 4.69) is 28.3 Å². The number of benzene rings is 1. The summed E-state index contributed by atoms with van der Waals surface area (Å²) < 4.78 is 41.0. The summed E-state index contributed by atoms with van der Waals surface area (Å²) in [6.07, 6.45) is -0.240. The number of hydrogen-bond donors (Lipinski definition) is 1. The van der Waals surface area contributed by atoms with Crippen LogP contribution in [0.2, 0.25) is 0 Å². The van der Waals surface area contributed by atoms with Crippen molar-refractivity contribution in [1.82, 2.24) is 19.7 Å². The highest BCUT2D eigenvalue weighted by atomic mass is 19.4. The fourth-order valence-electron chi connectivity index (χ4n) is 4.30. The van der Waals surface area contributed by atoms with Crippen molar-refractivity contribution in [3.63, 3.8) is 0 Å². The maximum absolute atomic E-state index is 13.0. The minimum atomic E-state index is -4.52. The molecule has 0 aliphatic carbocycles. The topological polar surface area (TPSA) is 54.2 Å². The number of aromatic hydroxyl groups is 1. The van der Waals surface area contributed by atoms with E-state index in [9.17, 15) is 18.3 Å². The molecule has 0 saturated carbocycles. The zero-order valence-electron chi connectivity index (χ0n) is 16.6. The number of aromatic nitrogens is 3. The third-order valence-electron chi connectivity index (χ3n) is 5.72. The summed E-state index contributed by atoms with van der Waals surface area (Å²) in [6, 6.07) is 3.55. The van der Waals surface area contributed by atoms with Gasteiger partial charge in [0.05, 0.1) is 16.8 Å². The number of likely N-dealkylation sites (N-methyl/N-ethyl adjacent to an activating group) is 1. The molecule has 5 nitrogen and oxygen atoms in total. The van der Waals surface area contributed by atoms with Gasteiger partial charge in [-0.1, -0.05) is 0 Å². The number of phenols is 1. The number of fused-ring (bicyclic) bond motifs is 1. The first-order valence-electron chi connectivity index (χ1n) is 9.57. The molecule has 4 rings (SSSR count). The summed E-state index contributed by atoms with van der Waals surface area (Å²) in [6.45, 7) is 3.58. The number of phenolic OH excluding ortho intramolecular Hbond substituents is 1. The monoisotopic (exact) mass is 404 g/mol. The molecule has 3 heterocycles. The number of nitrogens with zero attached hydrogens (tertiary/aromatic N) is 4. The molecule has 0 bridgehead atoms. The molecular formula is C21H23F3N4O. The minimum Gasteiger partial charge on any atom is -0.507 e. The molecular weight excluding hydrogens is 381 g/mol. The van der Waals surface area contributed by atoms with E-state index in [1.165, 1.54) is 6.92 Å². The van der Waals surface area contributed by atoms with E-state index in [-0.39, 0.29) is 5.56 Å². The van der Waals surface area contributed by atoms with Crippen LogP contribution in [0, 0.1) is 6.92 Å². The minimum absolute atomic E-state index is 0.271. The first-order chi connectivity index (χ1) is 13.6. The van der Waals surface area contributed by atoms with Gasteiger partial charge in [0, 0.05) is 36.8 Å². The molecule has 1 aromatic carbocycles. The standard InChI is InChI=1S/C21H23F3N4O/c1-12-7-14(21(22,23)24)8-18(29)19(12)16-9-17-20(26-25-16)15(11-28(17)3)13-5-4-6-27(2)10-13/h7-9,11,13,29H,4-6,10H2,1-3H3. The average molecular weight is 404 g/mol. The molecule has 1 fully saturated rings. The molecule has 0 amide bonds. The van der Waals surface area contributed by atoms with E-state index in [0.29, 0.717) is 17.2 Å². The van der Waals surface area contributed by atoms with Crippen molar-refractivity contribution < 1.29 is 18.3 Å². The van der Waals surface area contributed by atoms with Gasteiger partial charge in [-0.3, -0.25) is 0 Å².